The standard InChI is InChI=1S/C11H16F2N2O2/c12-9(13)11(17)15-5-3-8(4-6-15)14-10(16)7-1-2-7/h7-9H,1-6H2,(H,14,16). The van der Waals surface area contributed by atoms with E-state index in [0.29, 0.717) is 25.9 Å². The van der Waals surface area contributed by atoms with Crippen LogP contribution in [0, 0.1) is 5.92 Å². The van der Waals surface area contributed by atoms with E-state index in [4.69, 9.17) is 0 Å². The molecular weight excluding hydrogens is 230 g/mol. The number of piperidine rings is 1. The van der Waals surface area contributed by atoms with Crippen LogP contribution < -0.4 is 5.32 Å². The summed E-state index contributed by atoms with van der Waals surface area (Å²) in [5.74, 6) is -0.865. The zero-order valence-corrected chi connectivity index (χ0v) is 9.49. The summed E-state index contributed by atoms with van der Waals surface area (Å²) in [7, 11) is 0. The first kappa shape index (κ1) is 12.3. The van der Waals surface area contributed by atoms with Gasteiger partial charge in [-0.05, 0) is 25.7 Å². The molecule has 2 amide bonds. The highest BCUT2D eigenvalue weighted by Gasteiger charge is 2.33. The van der Waals surface area contributed by atoms with Crippen LogP contribution in [-0.2, 0) is 9.59 Å². The molecule has 1 aliphatic carbocycles. The summed E-state index contributed by atoms with van der Waals surface area (Å²) in [5, 5.41) is 2.91. The van der Waals surface area contributed by atoms with Crippen molar-refractivity contribution in [2.75, 3.05) is 13.1 Å². The van der Waals surface area contributed by atoms with Gasteiger partial charge in [0.05, 0.1) is 0 Å². The topological polar surface area (TPSA) is 49.4 Å². The second-order valence-electron chi connectivity index (χ2n) is 4.68. The van der Waals surface area contributed by atoms with Crippen LogP contribution in [0.4, 0.5) is 8.78 Å². The Morgan fingerprint density at radius 2 is 1.71 bits per heavy atom. The molecule has 0 bridgehead atoms. The number of likely N-dealkylation sites (tertiary alicyclic amines) is 1. The monoisotopic (exact) mass is 246 g/mol. The maximum atomic E-state index is 12.2. The molecule has 0 atom stereocenters. The number of alkyl halides is 2. The summed E-state index contributed by atoms with van der Waals surface area (Å²) in [6.07, 6.45) is 0.115. The summed E-state index contributed by atoms with van der Waals surface area (Å²) in [5.41, 5.74) is 0. The number of hydrogen-bond acceptors (Lipinski definition) is 2. The molecule has 0 spiro atoms. The molecule has 17 heavy (non-hydrogen) atoms. The number of nitrogens with one attached hydrogen (secondary N) is 1. The Bertz CT molecular complexity index is 311. The zero-order chi connectivity index (χ0) is 12.4. The molecule has 4 nitrogen and oxygen atoms in total. The third-order valence-corrected chi connectivity index (χ3v) is 3.29. The highest BCUT2D eigenvalue weighted by Crippen LogP contribution is 2.29. The molecule has 1 saturated carbocycles. The van der Waals surface area contributed by atoms with Gasteiger partial charge in [0.25, 0.3) is 5.91 Å². The first-order valence-corrected chi connectivity index (χ1v) is 5.95. The van der Waals surface area contributed by atoms with Crippen molar-refractivity contribution in [3.05, 3.63) is 0 Å². The second-order valence-corrected chi connectivity index (χ2v) is 4.68. The van der Waals surface area contributed by atoms with Crippen molar-refractivity contribution in [1.29, 1.82) is 0 Å². The number of carbonyl (C=O) groups excluding carboxylic acids is 2. The highest BCUT2D eigenvalue weighted by atomic mass is 19.3. The van der Waals surface area contributed by atoms with Gasteiger partial charge in [-0.25, -0.2) is 0 Å². The van der Waals surface area contributed by atoms with Gasteiger partial charge in [0.1, 0.15) is 0 Å². The molecule has 96 valence electrons. The van der Waals surface area contributed by atoms with Gasteiger partial charge < -0.3 is 10.2 Å². The van der Waals surface area contributed by atoms with E-state index in [1.54, 1.807) is 0 Å². The van der Waals surface area contributed by atoms with Crippen LogP contribution in [0.2, 0.25) is 0 Å². The predicted octanol–water partition coefficient (Wildman–Crippen LogP) is 0.769. The van der Waals surface area contributed by atoms with Crippen molar-refractivity contribution in [3.63, 3.8) is 0 Å². The van der Waals surface area contributed by atoms with E-state index in [1.165, 1.54) is 4.90 Å². The Morgan fingerprint density at radius 3 is 2.18 bits per heavy atom. The summed E-state index contributed by atoms with van der Waals surface area (Å²) in [6, 6.07) is 0.0322. The van der Waals surface area contributed by atoms with Crippen molar-refractivity contribution in [2.24, 2.45) is 5.92 Å². The minimum Gasteiger partial charge on any atom is -0.353 e. The van der Waals surface area contributed by atoms with Crippen LogP contribution in [0.15, 0.2) is 0 Å². The van der Waals surface area contributed by atoms with Gasteiger partial charge in [-0.3, -0.25) is 9.59 Å². The third kappa shape index (κ3) is 3.14. The lowest BCUT2D eigenvalue weighted by molar-refractivity contribution is -0.144. The van der Waals surface area contributed by atoms with Crippen molar-refractivity contribution >= 4 is 11.8 Å². The molecule has 0 unspecified atom stereocenters. The maximum Gasteiger partial charge on any atom is 0.315 e. The van der Waals surface area contributed by atoms with E-state index in [1.807, 2.05) is 0 Å². The average Bonchev–Trinajstić information content (AvgIpc) is 3.12. The van der Waals surface area contributed by atoms with E-state index < -0.39 is 12.3 Å². The number of carbonyl (C=O) groups is 2. The van der Waals surface area contributed by atoms with Gasteiger partial charge >= 0.3 is 6.43 Å². The number of halogens is 2. The lowest BCUT2D eigenvalue weighted by Crippen LogP contribution is -2.48. The van der Waals surface area contributed by atoms with Gasteiger partial charge in [-0.2, -0.15) is 8.78 Å². The zero-order valence-electron chi connectivity index (χ0n) is 9.49. The van der Waals surface area contributed by atoms with Gasteiger partial charge in [-0.15, -0.1) is 0 Å². The van der Waals surface area contributed by atoms with Gasteiger partial charge in [0.2, 0.25) is 5.91 Å². The average molecular weight is 246 g/mol. The van der Waals surface area contributed by atoms with Crippen molar-refractivity contribution < 1.29 is 18.4 Å². The van der Waals surface area contributed by atoms with Crippen molar-refractivity contribution in [1.82, 2.24) is 10.2 Å². The maximum absolute atomic E-state index is 12.2. The summed E-state index contributed by atoms with van der Waals surface area (Å²) < 4.78 is 24.3. The number of amides is 2. The quantitative estimate of drug-likeness (QED) is 0.799. The fourth-order valence-electron chi connectivity index (χ4n) is 2.05. The first-order valence-electron chi connectivity index (χ1n) is 5.95. The van der Waals surface area contributed by atoms with E-state index in [0.717, 1.165) is 12.8 Å². The van der Waals surface area contributed by atoms with E-state index in [-0.39, 0.29) is 17.9 Å². The van der Waals surface area contributed by atoms with E-state index in [9.17, 15) is 18.4 Å². The number of hydrogen-bond donors (Lipinski definition) is 1. The predicted molar refractivity (Wildman–Crippen MR) is 56.5 cm³/mol. The smallest absolute Gasteiger partial charge is 0.315 e. The van der Waals surface area contributed by atoms with Gasteiger partial charge in [-0.1, -0.05) is 0 Å². The molecule has 2 aliphatic rings. The van der Waals surface area contributed by atoms with Crippen LogP contribution in [-0.4, -0.2) is 42.3 Å². The fourth-order valence-corrected chi connectivity index (χ4v) is 2.05. The first-order chi connectivity index (χ1) is 8.08. The molecule has 0 aromatic rings. The van der Waals surface area contributed by atoms with E-state index >= 15 is 0 Å². The third-order valence-electron chi connectivity index (χ3n) is 3.29. The largest absolute Gasteiger partial charge is 0.353 e. The Morgan fingerprint density at radius 1 is 1.12 bits per heavy atom. The lowest BCUT2D eigenvalue weighted by atomic mass is 10.0. The molecule has 1 heterocycles. The molecular formula is C11H16F2N2O2. The normalized spacial score (nSPS) is 21.7. The number of rotatable bonds is 3. The van der Waals surface area contributed by atoms with Gasteiger partial charge in [0, 0.05) is 25.0 Å². The molecule has 6 heteroatoms. The molecule has 2 fully saturated rings. The molecule has 1 saturated heterocycles. The van der Waals surface area contributed by atoms with Crippen LogP contribution in [0.3, 0.4) is 0 Å². The molecule has 0 aromatic heterocycles. The molecule has 2 rings (SSSR count). The van der Waals surface area contributed by atoms with Crippen molar-refractivity contribution in [2.45, 2.75) is 38.2 Å². The minimum absolute atomic E-state index is 0.0322. The Hall–Kier alpha value is -1.20. The van der Waals surface area contributed by atoms with Gasteiger partial charge in [0.15, 0.2) is 0 Å². The fraction of sp³-hybridized carbons (Fsp3) is 0.818. The SMILES string of the molecule is O=C(NC1CCN(C(=O)C(F)F)CC1)C1CC1. The molecule has 0 radical (unpaired) electrons. The van der Waals surface area contributed by atoms with Crippen LogP contribution in [0.5, 0.6) is 0 Å². The number of nitrogens with zero attached hydrogens (tertiary/aromatic N) is 1. The molecule has 1 aliphatic heterocycles. The molecule has 0 aromatic carbocycles. The van der Waals surface area contributed by atoms with E-state index in [2.05, 4.69) is 5.32 Å². The lowest BCUT2D eigenvalue weighted by Gasteiger charge is -2.32. The Balaban J connectivity index is 1.73. The summed E-state index contributed by atoms with van der Waals surface area (Å²) in [4.78, 5) is 23.7. The summed E-state index contributed by atoms with van der Waals surface area (Å²) >= 11 is 0. The second kappa shape index (κ2) is 4.98. The van der Waals surface area contributed by atoms with Crippen LogP contribution in [0.25, 0.3) is 0 Å². The Kier molecular flexibility index (Phi) is 3.59. The van der Waals surface area contributed by atoms with Crippen LogP contribution >= 0.6 is 0 Å². The van der Waals surface area contributed by atoms with Crippen molar-refractivity contribution in [3.8, 4) is 0 Å². The van der Waals surface area contributed by atoms with Crippen LogP contribution in [0.1, 0.15) is 25.7 Å². The highest BCUT2D eigenvalue weighted by molar-refractivity contribution is 5.81. The Labute approximate surface area is 98.3 Å². The minimum atomic E-state index is -2.92. The summed E-state index contributed by atoms with van der Waals surface area (Å²) in [6.45, 7) is 0.609. The molecule has 1 N–H and O–H groups in total.